The Balaban J connectivity index is 1.30. The average Bonchev–Trinajstić information content (AvgIpc) is 2.87. The van der Waals surface area contributed by atoms with Crippen LogP contribution in [0.25, 0.3) is 10.9 Å². The molecule has 1 heterocycles. The van der Waals surface area contributed by atoms with Crippen molar-refractivity contribution >= 4 is 10.9 Å². The summed E-state index contributed by atoms with van der Waals surface area (Å²) >= 11 is 0. The van der Waals surface area contributed by atoms with E-state index in [1.54, 1.807) is 36.4 Å². The van der Waals surface area contributed by atoms with Crippen molar-refractivity contribution in [3.63, 3.8) is 0 Å². The molecule has 0 saturated carbocycles. The highest BCUT2D eigenvalue weighted by Gasteiger charge is 2.32. The molecule has 0 saturated heterocycles. The summed E-state index contributed by atoms with van der Waals surface area (Å²) in [5, 5.41) is 24.4. The van der Waals surface area contributed by atoms with Crippen LogP contribution in [0.2, 0.25) is 0 Å². The second kappa shape index (κ2) is 10.9. The van der Waals surface area contributed by atoms with Gasteiger partial charge in [0.25, 0.3) is 0 Å². The van der Waals surface area contributed by atoms with E-state index in [4.69, 9.17) is 4.74 Å². The maximum Gasteiger partial charge on any atom is 0.306 e. The van der Waals surface area contributed by atoms with Crippen molar-refractivity contribution in [3.8, 4) is 11.5 Å². The number of aliphatic hydroxyl groups excluding tert-OH is 1. The smallest absolute Gasteiger partial charge is 0.306 e. The van der Waals surface area contributed by atoms with E-state index >= 15 is 0 Å². The van der Waals surface area contributed by atoms with Crippen LogP contribution in [0.1, 0.15) is 28.4 Å². The summed E-state index contributed by atoms with van der Waals surface area (Å²) < 4.78 is 34.2. The Labute approximate surface area is 207 Å². The van der Waals surface area contributed by atoms with Crippen molar-refractivity contribution in [1.82, 2.24) is 10.3 Å². The molecule has 6 nitrogen and oxygen atoms in total. The third-order valence-electron chi connectivity index (χ3n) is 6.04. The Kier molecular flexibility index (Phi) is 7.67. The van der Waals surface area contributed by atoms with Crippen LogP contribution in [-0.4, -0.2) is 34.9 Å². The molecule has 36 heavy (non-hydrogen) atoms. The average molecular weight is 495 g/mol. The molecule has 3 aromatic carbocycles. The van der Waals surface area contributed by atoms with E-state index in [1.165, 1.54) is 24.3 Å². The molecule has 1 atom stereocenters. The lowest BCUT2D eigenvalue weighted by atomic mass is 10.0. The summed E-state index contributed by atoms with van der Waals surface area (Å²) in [6, 6.07) is 19.0. The first-order valence-corrected chi connectivity index (χ1v) is 11.6. The molecule has 0 aliphatic heterocycles. The topological polar surface area (TPSA) is 94.6 Å². The molecule has 0 fully saturated rings. The van der Waals surface area contributed by atoms with Gasteiger partial charge < -0.3 is 25.3 Å². The van der Waals surface area contributed by atoms with Crippen LogP contribution >= 0.6 is 0 Å². The second-order valence-electron chi connectivity index (χ2n) is 8.71. The highest BCUT2D eigenvalue weighted by molar-refractivity contribution is 5.87. The zero-order chi connectivity index (χ0) is 25.7. The monoisotopic (exact) mass is 494 g/mol. The van der Waals surface area contributed by atoms with Gasteiger partial charge in [0.05, 0.1) is 11.6 Å². The summed E-state index contributed by atoms with van der Waals surface area (Å²) in [4.78, 5) is 14.2. The van der Waals surface area contributed by atoms with Gasteiger partial charge >= 0.3 is 5.92 Å². The number of aliphatic hydroxyl groups is 1. The number of H-pyrrole nitrogens is 1. The number of phenolic OH excluding ortho intramolecular Hbond substituents is 1. The van der Waals surface area contributed by atoms with Gasteiger partial charge in [0, 0.05) is 23.6 Å². The molecule has 0 bridgehead atoms. The predicted molar refractivity (Wildman–Crippen MR) is 135 cm³/mol. The van der Waals surface area contributed by atoms with Gasteiger partial charge in [-0.3, -0.25) is 4.79 Å². The van der Waals surface area contributed by atoms with E-state index < -0.39 is 18.6 Å². The number of benzene rings is 3. The van der Waals surface area contributed by atoms with Crippen LogP contribution in [0.5, 0.6) is 11.5 Å². The molecule has 0 unspecified atom stereocenters. The zero-order valence-electron chi connectivity index (χ0n) is 19.8. The number of hydrogen-bond acceptors (Lipinski definition) is 5. The molecule has 188 valence electrons. The summed E-state index contributed by atoms with van der Waals surface area (Å²) in [7, 11) is 0. The van der Waals surface area contributed by atoms with Crippen molar-refractivity contribution in [1.29, 1.82) is 0 Å². The number of fused-ring (bicyclic) bond motifs is 1. The summed E-state index contributed by atoms with van der Waals surface area (Å²) in [6.07, 6.45) is -0.180. The van der Waals surface area contributed by atoms with Crippen molar-refractivity contribution in [2.75, 3.05) is 19.7 Å². The molecule has 8 heteroatoms. The molecular weight excluding hydrogens is 466 g/mol. The molecule has 0 aliphatic rings. The fraction of sp³-hybridized carbons (Fsp3) is 0.250. The molecule has 4 rings (SSSR count). The Morgan fingerprint density at radius 3 is 2.58 bits per heavy atom. The lowest BCUT2D eigenvalue weighted by Crippen LogP contribution is -2.24. The number of phenols is 1. The molecule has 1 aromatic heterocycles. The fourth-order valence-electron chi connectivity index (χ4n) is 4.09. The van der Waals surface area contributed by atoms with Crippen LogP contribution in [0.4, 0.5) is 8.78 Å². The zero-order valence-corrected chi connectivity index (χ0v) is 19.8. The number of alkyl halides is 2. The minimum Gasteiger partial charge on any atom is -0.506 e. The lowest BCUT2D eigenvalue weighted by Gasteiger charge is -2.19. The number of ether oxygens (including phenoxy) is 1. The number of rotatable bonds is 10. The first-order valence-electron chi connectivity index (χ1n) is 11.6. The van der Waals surface area contributed by atoms with E-state index in [-0.39, 0.29) is 23.4 Å². The van der Waals surface area contributed by atoms with Gasteiger partial charge in [0.1, 0.15) is 11.5 Å². The van der Waals surface area contributed by atoms with Gasteiger partial charge in [0.2, 0.25) is 5.56 Å². The lowest BCUT2D eigenvalue weighted by molar-refractivity contribution is -0.0468. The quantitative estimate of drug-likeness (QED) is 0.242. The SMILES string of the molecule is Cc1cc(CCNC[C@@H](O)c2ccc(O)c3[nH]c(=O)ccc23)ccc1OCC(F)(F)c1ccccc1. The van der Waals surface area contributed by atoms with E-state index in [0.29, 0.717) is 35.2 Å². The van der Waals surface area contributed by atoms with Crippen LogP contribution in [0.3, 0.4) is 0 Å². The Bertz CT molecular complexity index is 1390. The normalized spacial score (nSPS) is 12.6. The highest BCUT2D eigenvalue weighted by Crippen LogP contribution is 2.30. The number of aromatic hydroxyl groups is 1. The number of aryl methyl sites for hydroxylation is 1. The summed E-state index contributed by atoms with van der Waals surface area (Å²) in [5.41, 5.74) is 2.24. The predicted octanol–water partition coefficient (Wildman–Crippen LogP) is 4.58. The number of aromatic amines is 1. The van der Waals surface area contributed by atoms with E-state index in [0.717, 1.165) is 11.1 Å². The molecule has 0 amide bonds. The molecule has 4 aromatic rings. The molecule has 4 N–H and O–H groups in total. The molecule has 0 radical (unpaired) electrons. The van der Waals surface area contributed by atoms with Crippen LogP contribution in [-0.2, 0) is 12.3 Å². The van der Waals surface area contributed by atoms with Gasteiger partial charge in [-0.1, -0.05) is 48.5 Å². The Morgan fingerprint density at radius 2 is 1.83 bits per heavy atom. The Morgan fingerprint density at radius 1 is 1.06 bits per heavy atom. The number of hydrogen-bond donors (Lipinski definition) is 4. The van der Waals surface area contributed by atoms with Gasteiger partial charge in [-0.25, -0.2) is 0 Å². The van der Waals surface area contributed by atoms with Crippen molar-refractivity contribution in [2.45, 2.75) is 25.4 Å². The van der Waals surface area contributed by atoms with Crippen molar-refractivity contribution < 1.29 is 23.7 Å². The molecular formula is C28H28F2N2O4. The molecule has 0 aliphatic carbocycles. The van der Waals surface area contributed by atoms with Crippen molar-refractivity contribution in [3.05, 3.63) is 105 Å². The van der Waals surface area contributed by atoms with Crippen molar-refractivity contribution in [2.24, 2.45) is 0 Å². The number of aromatic nitrogens is 1. The molecule has 0 spiro atoms. The van der Waals surface area contributed by atoms with Crippen LogP contribution in [0, 0.1) is 6.92 Å². The second-order valence-corrected chi connectivity index (χ2v) is 8.71. The number of halogens is 2. The van der Waals surface area contributed by atoms with Gasteiger partial charge in [0.15, 0.2) is 6.61 Å². The van der Waals surface area contributed by atoms with Crippen LogP contribution in [0.15, 0.2) is 77.6 Å². The van der Waals surface area contributed by atoms with Gasteiger partial charge in [-0.05, 0) is 54.8 Å². The first kappa shape index (κ1) is 25.3. The summed E-state index contributed by atoms with van der Waals surface area (Å²) in [6.45, 7) is 1.93. The number of pyridine rings is 1. The largest absolute Gasteiger partial charge is 0.506 e. The van der Waals surface area contributed by atoms with Gasteiger partial charge in [-0.15, -0.1) is 0 Å². The maximum atomic E-state index is 14.4. The third-order valence-corrected chi connectivity index (χ3v) is 6.04. The first-order chi connectivity index (χ1) is 17.2. The maximum absolute atomic E-state index is 14.4. The number of nitrogens with one attached hydrogen (secondary N) is 2. The van der Waals surface area contributed by atoms with Crippen LogP contribution < -0.4 is 15.6 Å². The fourth-order valence-corrected chi connectivity index (χ4v) is 4.09. The minimum atomic E-state index is -3.09. The van der Waals surface area contributed by atoms with E-state index in [2.05, 4.69) is 10.3 Å². The highest BCUT2D eigenvalue weighted by atomic mass is 19.3. The minimum absolute atomic E-state index is 0.0572. The van der Waals surface area contributed by atoms with Gasteiger partial charge in [-0.2, -0.15) is 8.78 Å². The van der Waals surface area contributed by atoms with E-state index in [9.17, 15) is 23.8 Å². The Hall–Kier alpha value is -3.75. The standard InChI is InChI=1S/C28H28F2N2O4/c1-18-15-19(7-11-25(18)36-17-28(29,30)20-5-3-2-4-6-20)13-14-31-16-24(34)21-8-10-23(33)27-22(21)9-12-26(35)32-27/h2-12,15,24,31,33-34H,13-14,16-17H2,1H3,(H,32,35)/t24-/m1/s1. The summed E-state index contributed by atoms with van der Waals surface area (Å²) in [5.74, 6) is -2.73. The van der Waals surface area contributed by atoms with E-state index in [1.807, 2.05) is 19.1 Å². The third kappa shape index (κ3) is 5.90.